The minimum atomic E-state index is -0.254. The fraction of sp³-hybridized carbons (Fsp3) is 0.0435. The summed E-state index contributed by atoms with van der Waals surface area (Å²) < 4.78 is 0. The van der Waals surface area contributed by atoms with Crippen LogP contribution in [0.5, 0.6) is 0 Å². The second kappa shape index (κ2) is 7.80. The number of hydrogen-bond donors (Lipinski definition) is 1. The molecule has 5 nitrogen and oxygen atoms in total. The Labute approximate surface area is 163 Å². The van der Waals surface area contributed by atoms with Gasteiger partial charge < -0.3 is 5.32 Å². The van der Waals surface area contributed by atoms with Crippen LogP contribution in [0.15, 0.2) is 85.3 Å². The first-order chi connectivity index (χ1) is 13.7. The number of carbonyl (C=O) groups is 1. The maximum absolute atomic E-state index is 12.9. The van der Waals surface area contributed by atoms with Gasteiger partial charge in [-0.15, -0.1) is 0 Å². The van der Waals surface area contributed by atoms with Crippen molar-refractivity contribution in [3.05, 3.63) is 96.4 Å². The molecule has 4 aromatic rings. The third-order valence-corrected chi connectivity index (χ3v) is 4.33. The Kier molecular flexibility index (Phi) is 4.89. The molecular formula is C23H18N4O. The van der Waals surface area contributed by atoms with E-state index in [0.717, 1.165) is 22.4 Å². The summed E-state index contributed by atoms with van der Waals surface area (Å²) in [5.74, 6) is 0.314. The molecule has 0 saturated heterocycles. The summed E-state index contributed by atoms with van der Waals surface area (Å²) in [6.07, 6.45) is 4.94. The fourth-order valence-corrected chi connectivity index (χ4v) is 2.84. The third-order valence-electron chi connectivity index (χ3n) is 4.33. The normalized spacial score (nSPS) is 10.5. The second-order valence-electron chi connectivity index (χ2n) is 6.38. The van der Waals surface area contributed by atoms with Gasteiger partial charge in [0.2, 0.25) is 0 Å². The van der Waals surface area contributed by atoms with Crippen LogP contribution < -0.4 is 5.32 Å². The number of anilines is 1. The molecule has 1 N–H and O–H groups in total. The van der Waals surface area contributed by atoms with Crippen molar-refractivity contribution in [2.75, 3.05) is 5.32 Å². The molecule has 2 heterocycles. The van der Waals surface area contributed by atoms with Crippen molar-refractivity contribution in [3.63, 3.8) is 0 Å². The number of hydrogen-bond acceptors (Lipinski definition) is 4. The molecular weight excluding hydrogens is 348 g/mol. The number of carbonyl (C=O) groups excluding carboxylic acids is 1. The van der Waals surface area contributed by atoms with Gasteiger partial charge in [0.05, 0.1) is 11.3 Å². The maximum atomic E-state index is 12.9. The zero-order chi connectivity index (χ0) is 19.3. The van der Waals surface area contributed by atoms with Crippen LogP contribution in [0.3, 0.4) is 0 Å². The van der Waals surface area contributed by atoms with E-state index in [-0.39, 0.29) is 5.91 Å². The van der Waals surface area contributed by atoms with E-state index in [0.29, 0.717) is 17.1 Å². The van der Waals surface area contributed by atoms with Crippen molar-refractivity contribution in [2.24, 2.45) is 0 Å². The lowest BCUT2D eigenvalue weighted by molar-refractivity contribution is 0.102. The number of benzene rings is 2. The molecule has 0 fully saturated rings. The highest BCUT2D eigenvalue weighted by molar-refractivity contribution is 6.08. The van der Waals surface area contributed by atoms with E-state index >= 15 is 0 Å². The van der Waals surface area contributed by atoms with Gasteiger partial charge in [-0.05, 0) is 31.2 Å². The summed E-state index contributed by atoms with van der Waals surface area (Å²) in [4.78, 5) is 26.1. The molecule has 0 aliphatic heterocycles. The zero-order valence-corrected chi connectivity index (χ0v) is 15.3. The quantitative estimate of drug-likeness (QED) is 0.565. The van der Waals surface area contributed by atoms with Gasteiger partial charge >= 0.3 is 0 Å². The molecule has 0 aliphatic carbocycles. The van der Waals surface area contributed by atoms with Crippen LogP contribution in [0, 0.1) is 6.92 Å². The van der Waals surface area contributed by atoms with E-state index < -0.39 is 0 Å². The molecule has 5 heteroatoms. The van der Waals surface area contributed by atoms with Crippen molar-refractivity contribution in [3.8, 4) is 22.6 Å². The van der Waals surface area contributed by atoms with Crippen molar-refractivity contribution in [1.82, 2.24) is 15.0 Å². The van der Waals surface area contributed by atoms with Crippen molar-refractivity contribution >= 4 is 11.6 Å². The van der Waals surface area contributed by atoms with Crippen LogP contribution in [-0.4, -0.2) is 20.9 Å². The summed E-state index contributed by atoms with van der Waals surface area (Å²) in [6, 6.07) is 21.0. The molecule has 2 aromatic heterocycles. The molecule has 0 radical (unpaired) electrons. The second-order valence-corrected chi connectivity index (χ2v) is 6.38. The van der Waals surface area contributed by atoms with Gasteiger partial charge in [0.25, 0.3) is 5.91 Å². The molecule has 4 rings (SSSR count). The minimum absolute atomic E-state index is 0.254. The number of nitrogens with one attached hydrogen (secondary N) is 1. The molecule has 0 atom stereocenters. The highest BCUT2D eigenvalue weighted by atomic mass is 16.1. The maximum Gasteiger partial charge on any atom is 0.259 e. The van der Waals surface area contributed by atoms with Crippen LogP contribution in [0.4, 0.5) is 5.69 Å². The lowest BCUT2D eigenvalue weighted by atomic mass is 10.1. The van der Waals surface area contributed by atoms with E-state index in [4.69, 9.17) is 4.98 Å². The molecule has 2 aromatic carbocycles. The van der Waals surface area contributed by atoms with Crippen molar-refractivity contribution < 1.29 is 4.79 Å². The standard InChI is InChI=1S/C23H18N4O/c1-16-7-9-19(10-8-16)26-23(28)20-15-25-22(18-5-3-2-4-6-18)27-21(20)17-11-13-24-14-12-17/h2-15H,1H3,(H,26,28). The Morgan fingerprint density at radius 3 is 2.29 bits per heavy atom. The van der Waals surface area contributed by atoms with Crippen LogP contribution in [0.2, 0.25) is 0 Å². The van der Waals surface area contributed by atoms with E-state index in [9.17, 15) is 4.79 Å². The number of rotatable bonds is 4. The minimum Gasteiger partial charge on any atom is -0.322 e. The van der Waals surface area contributed by atoms with E-state index in [2.05, 4.69) is 15.3 Å². The Morgan fingerprint density at radius 1 is 0.857 bits per heavy atom. The van der Waals surface area contributed by atoms with Gasteiger partial charge in [-0.3, -0.25) is 9.78 Å². The van der Waals surface area contributed by atoms with Gasteiger partial charge in [0, 0.05) is 35.4 Å². The van der Waals surface area contributed by atoms with Crippen LogP contribution in [0.1, 0.15) is 15.9 Å². The largest absolute Gasteiger partial charge is 0.322 e. The van der Waals surface area contributed by atoms with Gasteiger partial charge in [-0.25, -0.2) is 9.97 Å². The number of pyridine rings is 1. The topological polar surface area (TPSA) is 67.8 Å². The summed E-state index contributed by atoms with van der Waals surface area (Å²) in [5, 5.41) is 2.92. The number of nitrogens with zero attached hydrogens (tertiary/aromatic N) is 3. The predicted molar refractivity (Wildman–Crippen MR) is 110 cm³/mol. The average Bonchev–Trinajstić information content (AvgIpc) is 2.76. The number of aromatic nitrogens is 3. The predicted octanol–water partition coefficient (Wildman–Crippen LogP) is 4.77. The van der Waals surface area contributed by atoms with Crippen LogP contribution >= 0.6 is 0 Å². The molecule has 1 amide bonds. The summed E-state index contributed by atoms with van der Waals surface area (Å²) in [7, 11) is 0. The third kappa shape index (κ3) is 3.78. The Bertz CT molecular complexity index is 1090. The van der Waals surface area contributed by atoms with Gasteiger partial charge in [0.15, 0.2) is 5.82 Å². The Morgan fingerprint density at radius 2 is 1.57 bits per heavy atom. The summed E-state index contributed by atoms with van der Waals surface area (Å²) in [6.45, 7) is 2.00. The van der Waals surface area contributed by atoms with Gasteiger partial charge in [-0.2, -0.15) is 0 Å². The zero-order valence-electron chi connectivity index (χ0n) is 15.3. The highest BCUT2D eigenvalue weighted by Gasteiger charge is 2.17. The first-order valence-electron chi connectivity index (χ1n) is 8.91. The molecule has 0 saturated carbocycles. The monoisotopic (exact) mass is 366 g/mol. The Balaban J connectivity index is 1.75. The molecule has 136 valence electrons. The summed E-state index contributed by atoms with van der Waals surface area (Å²) >= 11 is 0. The fourth-order valence-electron chi connectivity index (χ4n) is 2.84. The lowest BCUT2D eigenvalue weighted by Gasteiger charge is -2.11. The highest BCUT2D eigenvalue weighted by Crippen LogP contribution is 2.25. The molecule has 28 heavy (non-hydrogen) atoms. The Hall–Kier alpha value is -3.86. The summed E-state index contributed by atoms with van der Waals surface area (Å²) in [5.41, 5.74) is 4.54. The van der Waals surface area contributed by atoms with Gasteiger partial charge in [-0.1, -0.05) is 48.0 Å². The number of aryl methyl sites for hydroxylation is 1. The SMILES string of the molecule is Cc1ccc(NC(=O)c2cnc(-c3ccccc3)nc2-c2ccncc2)cc1. The smallest absolute Gasteiger partial charge is 0.259 e. The van der Waals surface area contributed by atoms with Crippen LogP contribution in [-0.2, 0) is 0 Å². The molecule has 0 bridgehead atoms. The molecule has 0 aliphatic rings. The first kappa shape index (κ1) is 17.5. The molecule has 0 spiro atoms. The lowest BCUT2D eigenvalue weighted by Crippen LogP contribution is -2.15. The average molecular weight is 366 g/mol. The van der Waals surface area contributed by atoms with Crippen molar-refractivity contribution in [1.29, 1.82) is 0 Å². The van der Waals surface area contributed by atoms with Crippen LogP contribution in [0.25, 0.3) is 22.6 Å². The first-order valence-corrected chi connectivity index (χ1v) is 8.91. The number of amides is 1. The van der Waals surface area contributed by atoms with E-state index in [1.165, 1.54) is 0 Å². The van der Waals surface area contributed by atoms with E-state index in [1.54, 1.807) is 18.6 Å². The van der Waals surface area contributed by atoms with Gasteiger partial charge in [0.1, 0.15) is 0 Å². The molecule has 0 unspecified atom stereocenters. The van der Waals surface area contributed by atoms with E-state index in [1.807, 2.05) is 73.7 Å². The van der Waals surface area contributed by atoms with Crippen molar-refractivity contribution in [2.45, 2.75) is 6.92 Å².